The minimum Gasteiger partial charge on any atom is -0.436 e. The molecule has 0 radical (unpaired) electrons. The van der Waals surface area contributed by atoms with Gasteiger partial charge in [-0.2, -0.15) is 0 Å². The monoisotopic (exact) mass is 300 g/mol. The van der Waals surface area contributed by atoms with Gasteiger partial charge in [0.2, 0.25) is 5.76 Å². The van der Waals surface area contributed by atoms with E-state index in [4.69, 9.17) is 9.15 Å². The van der Waals surface area contributed by atoms with Crippen LogP contribution in [0.5, 0.6) is 0 Å². The van der Waals surface area contributed by atoms with Crippen molar-refractivity contribution in [2.45, 2.75) is 26.4 Å². The summed E-state index contributed by atoms with van der Waals surface area (Å²) in [7, 11) is 1.76. The fraction of sp³-hybridized carbons (Fsp3) is 0.412. The van der Waals surface area contributed by atoms with E-state index in [9.17, 15) is 4.79 Å². The summed E-state index contributed by atoms with van der Waals surface area (Å²) in [6.45, 7) is 4.70. The Kier molecular flexibility index (Phi) is 3.98. The number of ether oxygens (including phenoxy) is 1. The average Bonchev–Trinajstić information content (AvgIpc) is 2.85. The van der Waals surface area contributed by atoms with Crippen LogP contribution in [0.4, 0.5) is 0 Å². The highest BCUT2D eigenvalue weighted by Crippen LogP contribution is 2.27. The lowest BCUT2D eigenvalue weighted by molar-refractivity contribution is 0.0191. The SMILES string of the molecule is Cc1nc(C)c(C(=O)N(C)C[C@@H]2OCCc3ccccc32)o1. The number of aromatic nitrogens is 1. The summed E-state index contributed by atoms with van der Waals surface area (Å²) in [4.78, 5) is 18.3. The van der Waals surface area contributed by atoms with Crippen molar-refractivity contribution in [3.8, 4) is 0 Å². The molecule has 22 heavy (non-hydrogen) atoms. The van der Waals surface area contributed by atoms with Crippen LogP contribution in [0, 0.1) is 13.8 Å². The summed E-state index contributed by atoms with van der Waals surface area (Å²) in [5.41, 5.74) is 3.09. The van der Waals surface area contributed by atoms with E-state index in [0.717, 1.165) is 6.42 Å². The fourth-order valence-electron chi connectivity index (χ4n) is 2.86. The molecule has 1 aliphatic heterocycles. The number of nitrogens with zero attached hydrogens (tertiary/aromatic N) is 2. The van der Waals surface area contributed by atoms with Crippen molar-refractivity contribution in [1.82, 2.24) is 9.88 Å². The van der Waals surface area contributed by atoms with Gasteiger partial charge in [-0.15, -0.1) is 0 Å². The number of likely N-dealkylation sites (N-methyl/N-ethyl adjacent to an activating group) is 1. The molecule has 0 N–H and O–H groups in total. The van der Waals surface area contributed by atoms with Gasteiger partial charge in [0.1, 0.15) is 6.10 Å². The smallest absolute Gasteiger partial charge is 0.291 e. The van der Waals surface area contributed by atoms with Crippen molar-refractivity contribution >= 4 is 5.91 Å². The van der Waals surface area contributed by atoms with Gasteiger partial charge < -0.3 is 14.1 Å². The third kappa shape index (κ3) is 2.76. The summed E-state index contributed by atoms with van der Waals surface area (Å²) in [5, 5.41) is 0. The maximum Gasteiger partial charge on any atom is 0.291 e. The summed E-state index contributed by atoms with van der Waals surface area (Å²) in [5.74, 6) is 0.655. The van der Waals surface area contributed by atoms with Gasteiger partial charge in [0.15, 0.2) is 5.89 Å². The van der Waals surface area contributed by atoms with Crippen LogP contribution in [0.1, 0.15) is 39.4 Å². The van der Waals surface area contributed by atoms with Crippen LogP contribution in [-0.4, -0.2) is 36.0 Å². The molecule has 5 heteroatoms. The van der Waals surface area contributed by atoms with Gasteiger partial charge in [-0.25, -0.2) is 4.98 Å². The Labute approximate surface area is 129 Å². The molecule has 0 fully saturated rings. The van der Waals surface area contributed by atoms with E-state index in [1.165, 1.54) is 11.1 Å². The molecule has 1 atom stereocenters. The van der Waals surface area contributed by atoms with Crippen LogP contribution >= 0.6 is 0 Å². The maximum atomic E-state index is 12.5. The Morgan fingerprint density at radius 3 is 2.86 bits per heavy atom. The molecule has 2 heterocycles. The second-order valence-electron chi connectivity index (χ2n) is 5.64. The highest BCUT2D eigenvalue weighted by molar-refractivity contribution is 5.92. The number of amides is 1. The van der Waals surface area contributed by atoms with Gasteiger partial charge in [-0.1, -0.05) is 24.3 Å². The molecule has 0 spiro atoms. The molecule has 0 saturated heterocycles. The highest BCUT2D eigenvalue weighted by atomic mass is 16.5. The molecule has 0 bridgehead atoms. The van der Waals surface area contributed by atoms with E-state index in [1.54, 1.807) is 25.8 Å². The first-order chi connectivity index (χ1) is 10.6. The number of benzene rings is 1. The summed E-state index contributed by atoms with van der Waals surface area (Å²) < 4.78 is 11.3. The molecule has 1 aromatic carbocycles. The van der Waals surface area contributed by atoms with E-state index in [2.05, 4.69) is 17.1 Å². The van der Waals surface area contributed by atoms with Gasteiger partial charge in [-0.3, -0.25) is 4.79 Å². The van der Waals surface area contributed by atoms with E-state index in [-0.39, 0.29) is 12.0 Å². The van der Waals surface area contributed by atoms with Crippen LogP contribution in [0.2, 0.25) is 0 Å². The molecule has 0 saturated carbocycles. The number of carbonyl (C=O) groups excluding carboxylic acids is 1. The van der Waals surface area contributed by atoms with Gasteiger partial charge in [-0.05, 0) is 24.5 Å². The lowest BCUT2D eigenvalue weighted by Gasteiger charge is -2.29. The molecule has 0 aliphatic carbocycles. The number of oxazole rings is 1. The van der Waals surface area contributed by atoms with Crippen LogP contribution in [0.3, 0.4) is 0 Å². The van der Waals surface area contributed by atoms with Crippen molar-refractivity contribution in [2.24, 2.45) is 0 Å². The van der Waals surface area contributed by atoms with Crippen LogP contribution in [-0.2, 0) is 11.2 Å². The third-order valence-electron chi connectivity index (χ3n) is 3.98. The quantitative estimate of drug-likeness (QED) is 0.874. The Morgan fingerprint density at radius 2 is 2.14 bits per heavy atom. The zero-order chi connectivity index (χ0) is 15.7. The first kappa shape index (κ1) is 14.8. The summed E-state index contributed by atoms with van der Waals surface area (Å²) in [6.07, 6.45) is 0.827. The number of aryl methyl sites for hydroxylation is 2. The molecule has 1 aliphatic rings. The zero-order valence-corrected chi connectivity index (χ0v) is 13.1. The van der Waals surface area contributed by atoms with Crippen molar-refractivity contribution in [3.63, 3.8) is 0 Å². The molecular weight excluding hydrogens is 280 g/mol. The van der Waals surface area contributed by atoms with Crippen molar-refractivity contribution in [3.05, 3.63) is 52.7 Å². The Balaban J connectivity index is 1.76. The first-order valence-electron chi connectivity index (χ1n) is 7.45. The number of rotatable bonds is 3. The Hall–Kier alpha value is -2.14. The minimum absolute atomic E-state index is 0.0942. The second-order valence-corrected chi connectivity index (χ2v) is 5.64. The lowest BCUT2D eigenvalue weighted by Crippen LogP contribution is -2.34. The largest absolute Gasteiger partial charge is 0.436 e. The van der Waals surface area contributed by atoms with Crippen LogP contribution < -0.4 is 0 Å². The summed E-state index contributed by atoms with van der Waals surface area (Å²) >= 11 is 0. The average molecular weight is 300 g/mol. The van der Waals surface area contributed by atoms with Crippen LogP contribution in [0.15, 0.2) is 28.7 Å². The van der Waals surface area contributed by atoms with Crippen molar-refractivity contribution < 1.29 is 13.9 Å². The summed E-state index contributed by atoms with van der Waals surface area (Å²) in [6, 6.07) is 8.24. The molecular formula is C17H20N2O3. The molecule has 5 nitrogen and oxygen atoms in total. The van der Waals surface area contributed by atoms with Crippen LogP contribution in [0.25, 0.3) is 0 Å². The number of hydrogen-bond acceptors (Lipinski definition) is 4. The van der Waals surface area contributed by atoms with Crippen molar-refractivity contribution in [1.29, 1.82) is 0 Å². The minimum atomic E-state index is -0.162. The predicted molar refractivity (Wildman–Crippen MR) is 81.8 cm³/mol. The Morgan fingerprint density at radius 1 is 1.36 bits per heavy atom. The van der Waals surface area contributed by atoms with Gasteiger partial charge in [0.25, 0.3) is 5.91 Å². The molecule has 116 valence electrons. The van der Waals surface area contributed by atoms with Crippen molar-refractivity contribution in [2.75, 3.05) is 20.2 Å². The number of fused-ring (bicyclic) bond motifs is 1. The topological polar surface area (TPSA) is 55.6 Å². The maximum absolute atomic E-state index is 12.5. The molecule has 2 aromatic rings. The normalized spacial score (nSPS) is 17.1. The second kappa shape index (κ2) is 5.93. The standard InChI is InChI=1S/C17H20N2O3/c1-11-16(22-12(2)18-11)17(20)19(3)10-15-14-7-5-4-6-13(14)8-9-21-15/h4-7,15H,8-10H2,1-3H3/t15-/m0/s1. The molecule has 1 amide bonds. The number of hydrogen-bond donors (Lipinski definition) is 0. The Bertz CT molecular complexity index is 693. The highest BCUT2D eigenvalue weighted by Gasteiger charge is 2.26. The van der Waals surface area contributed by atoms with E-state index in [1.807, 2.05) is 12.1 Å². The van der Waals surface area contributed by atoms with E-state index >= 15 is 0 Å². The fourth-order valence-corrected chi connectivity index (χ4v) is 2.86. The third-order valence-corrected chi connectivity index (χ3v) is 3.98. The first-order valence-corrected chi connectivity index (χ1v) is 7.45. The molecule has 1 aromatic heterocycles. The van der Waals surface area contributed by atoms with Gasteiger partial charge in [0.05, 0.1) is 18.8 Å². The molecule has 0 unspecified atom stereocenters. The van der Waals surface area contributed by atoms with E-state index in [0.29, 0.717) is 30.5 Å². The zero-order valence-electron chi connectivity index (χ0n) is 13.1. The number of carbonyl (C=O) groups is 1. The predicted octanol–water partition coefficient (Wildman–Crippen LogP) is 2.68. The van der Waals surface area contributed by atoms with Gasteiger partial charge >= 0.3 is 0 Å². The lowest BCUT2D eigenvalue weighted by atomic mass is 9.97. The van der Waals surface area contributed by atoms with E-state index < -0.39 is 0 Å². The van der Waals surface area contributed by atoms with Gasteiger partial charge in [0, 0.05) is 14.0 Å². The molecule has 3 rings (SSSR count).